The molecule has 0 saturated heterocycles. The number of hydrogen-bond acceptors (Lipinski definition) is 3. The predicted molar refractivity (Wildman–Crippen MR) is 61.5 cm³/mol. The van der Waals surface area contributed by atoms with Crippen molar-refractivity contribution in [2.75, 3.05) is 26.3 Å². The van der Waals surface area contributed by atoms with E-state index in [4.69, 9.17) is 21.8 Å². The van der Waals surface area contributed by atoms with Crippen molar-refractivity contribution in [3.63, 3.8) is 0 Å². The first-order chi connectivity index (χ1) is 8.11. The van der Waals surface area contributed by atoms with Crippen LogP contribution in [-0.2, 0) is 0 Å². The molecule has 0 bridgehead atoms. The summed E-state index contributed by atoms with van der Waals surface area (Å²) in [6, 6.07) is 4.12. The second kappa shape index (κ2) is 6.54. The summed E-state index contributed by atoms with van der Waals surface area (Å²) >= 11 is 5.57. The Morgan fingerprint density at radius 1 is 1.29 bits per heavy atom. The van der Waals surface area contributed by atoms with Gasteiger partial charge in [0.05, 0.1) is 23.8 Å². The number of amides is 1. The van der Waals surface area contributed by atoms with Gasteiger partial charge in [0.25, 0.3) is 5.91 Å². The van der Waals surface area contributed by atoms with Gasteiger partial charge in [0.15, 0.2) is 5.82 Å². The molecule has 0 aromatic heterocycles. The average molecular weight is 262 g/mol. The minimum absolute atomic E-state index is 0.0331. The molecule has 2 N–H and O–H groups in total. The SMILES string of the molecule is O=C(c1cccc(Cl)c1F)N(CCO)CCO. The number of hydrogen-bond donors (Lipinski definition) is 2. The quantitative estimate of drug-likeness (QED) is 0.828. The molecule has 0 spiro atoms. The Kier molecular flexibility index (Phi) is 5.34. The molecule has 0 aliphatic rings. The van der Waals surface area contributed by atoms with Gasteiger partial charge >= 0.3 is 0 Å². The predicted octanol–water partition coefficient (Wildman–Crippen LogP) is 0.906. The summed E-state index contributed by atoms with van der Waals surface area (Å²) in [5.74, 6) is -1.40. The summed E-state index contributed by atoms with van der Waals surface area (Å²) in [7, 11) is 0. The Hall–Kier alpha value is -1.17. The van der Waals surface area contributed by atoms with E-state index in [2.05, 4.69) is 0 Å². The van der Waals surface area contributed by atoms with Crippen molar-refractivity contribution in [1.29, 1.82) is 0 Å². The van der Waals surface area contributed by atoms with E-state index in [-0.39, 0.29) is 36.9 Å². The van der Waals surface area contributed by atoms with E-state index in [0.29, 0.717) is 0 Å². The Balaban J connectivity index is 2.96. The molecule has 1 amide bonds. The Morgan fingerprint density at radius 3 is 2.41 bits per heavy atom. The van der Waals surface area contributed by atoms with Crippen molar-refractivity contribution in [2.45, 2.75) is 0 Å². The molecule has 1 aromatic rings. The summed E-state index contributed by atoms with van der Waals surface area (Å²) in [5, 5.41) is 17.4. The van der Waals surface area contributed by atoms with Crippen LogP contribution in [0.1, 0.15) is 10.4 Å². The summed E-state index contributed by atoms with van der Waals surface area (Å²) in [6.45, 7) is -0.446. The summed E-state index contributed by atoms with van der Waals surface area (Å²) in [5.41, 5.74) is -0.167. The lowest BCUT2D eigenvalue weighted by Crippen LogP contribution is -2.36. The zero-order chi connectivity index (χ0) is 12.8. The number of nitrogens with zero attached hydrogens (tertiary/aromatic N) is 1. The smallest absolute Gasteiger partial charge is 0.257 e. The second-order valence-corrected chi connectivity index (χ2v) is 3.75. The molecule has 0 radical (unpaired) electrons. The highest BCUT2D eigenvalue weighted by molar-refractivity contribution is 6.31. The molecule has 94 valence electrons. The highest BCUT2D eigenvalue weighted by Crippen LogP contribution is 2.19. The van der Waals surface area contributed by atoms with Crippen LogP contribution in [0.3, 0.4) is 0 Å². The van der Waals surface area contributed by atoms with E-state index >= 15 is 0 Å². The first-order valence-corrected chi connectivity index (χ1v) is 5.44. The fraction of sp³-hybridized carbons (Fsp3) is 0.364. The number of halogens is 2. The minimum atomic E-state index is -0.792. The molecule has 1 rings (SSSR count). The zero-order valence-electron chi connectivity index (χ0n) is 9.07. The number of carbonyl (C=O) groups is 1. The average Bonchev–Trinajstić information content (AvgIpc) is 2.31. The van der Waals surface area contributed by atoms with E-state index in [0.717, 1.165) is 4.90 Å². The van der Waals surface area contributed by atoms with Crippen LogP contribution in [0, 0.1) is 5.82 Å². The van der Waals surface area contributed by atoms with E-state index in [1.165, 1.54) is 18.2 Å². The minimum Gasteiger partial charge on any atom is -0.395 e. The number of carbonyl (C=O) groups excluding carboxylic acids is 1. The summed E-state index contributed by atoms with van der Waals surface area (Å²) in [4.78, 5) is 13.1. The number of aliphatic hydroxyl groups excluding tert-OH is 2. The van der Waals surface area contributed by atoms with Crippen LogP contribution in [0.5, 0.6) is 0 Å². The third kappa shape index (κ3) is 3.39. The largest absolute Gasteiger partial charge is 0.395 e. The summed E-state index contributed by atoms with van der Waals surface area (Å²) < 4.78 is 13.6. The Bertz CT molecular complexity index is 394. The molecular weight excluding hydrogens is 249 g/mol. The molecule has 0 unspecified atom stereocenters. The molecule has 0 heterocycles. The molecule has 0 aliphatic carbocycles. The van der Waals surface area contributed by atoms with E-state index in [1.807, 2.05) is 0 Å². The van der Waals surface area contributed by atoms with Gasteiger partial charge in [-0.05, 0) is 12.1 Å². The van der Waals surface area contributed by atoms with Gasteiger partial charge in [0, 0.05) is 13.1 Å². The topological polar surface area (TPSA) is 60.8 Å². The lowest BCUT2D eigenvalue weighted by molar-refractivity contribution is 0.0680. The van der Waals surface area contributed by atoms with Crippen molar-refractivity contribution < 1.29 is 19.4 Å². The van der Waals surface area contributed by atoms with Crippen molar-refractivity contribution >= 4 is 17.5 Å². The lowest BCUT2D eigenvalue weighted by Gasteiger charge is -2.21. The van der Waals surface area contributed by atoms with Crippen LogP contribution in [0.2, 0.25) is 5.02 Å². The van der Waals surface area contributed by atoms with Gasteiger partial charge in [-0.1, -0.05) is 17.7 Å². The van der Waals surface area contributed by atoms with Gasteiger partial charge in [0.2, 0.25) is 0 Å². The third-order valence-corrected chi connectivity index (χ3v) is 2.50. The normalized spacial score (nSPS) is 10.4. The number of benzene rings is 1. The molecular formula is C11H13ClFNO3. The van der Waals surface area contributed by atoms with Gasteiger partial charge in [-0.2, -0.15) is 0 Å². The molecule has 1 aromatic carbocycles. The Labute approximate surface area is 103 Å². The molecule has 17 heavy (non-hydrogen) atoms. The van der Waals surface area contributed by atoms with Crippen molar-refractivity contribution in [3.05, 3.63) is 34.6 Å². The standard InChI is InChI=1S/C11H13ClFNO3/c12-9-3-1-2-8(10(9)13)11(17)14(4-6-15)5-7-16/h1-3,15-16H,4-7H2. The van der Waals surface area contributed by atoms with E-state index in [1.54, 1.807) is 0 Å². The maximum absolute atomic E-state index is 13.6. The van der Waals surface area contributed by atoms with Crippen LogP contribution in [0.4, 0.5) is 4.39 Å². The lowest BCUT2D eigenvalue weighted by atomic mass is 10.2. The van der Waals surface area contributed by atoms with Gasteiger partial charge in [-0.15, -0.1) is 0 Å². The fourth-order valence-corrected chi connectivity index (χ4v) is 1.57. The van der Waals surface area contributed by atoms with Crippen molar-refractivity contribution in [3.8, 4) is 0 Å². The number of rotatable bonds is 5. The first-order valence-electron chi connectivity index (χ1n) is 5.06. The van der Waals surface area contributed by atoms with Gasteiger partial charge in [-0.3, -0.25) is 4.79 Å². The van der Waals surface area contributed by atoms with Crippen LogP contribution < -0.4 is 0 Å². The van der Waals surface area contributed by atoms with Crippen molar-refractivity contribution in [1.82, 2.24) is 4.90 Å². The highest BCUT2D eigenvalue weighted by atomic mass is 35.5. The van der Waals surface area contributed by atoms with Crippen LogP contribution in [-0.4, -0.2) is 47.3 Å². The molecule has 0 saturated carbocycles. The monoisotopic (exact) mass is 261 g/mol. The maximum Gasteiger partial charge on any atom is 0.257 e. The van der Waals surface area contributed by atoms with Crippen molar-refractivity contribution in [2.24, 2.45) is 0 Å². The third-order valence-electron chi connectivity index (χ3n) is 2.21. The molecule has 0 aliphatic heterocycles. The van der Waals surface area contributed by atoms with Crippen LogP contribution in [0.25, 0.3) is 0 Å². The highest BCUT2D eigenvalue weighted by Gasteiger charge is 2.19. The molecule has 0 atom stereocenters. The fourth-order valence-electron chi connectivity index (χ4n) is 1.40. The van der Waals surface area contributed by atoms with E-state index in [9.17, 15) is 9.18 Å². The van der Waals surface area contributed by atoms with Crippen LogP contribution in [0.15, 0.2) is 18.2 Å². The molecule has 6 heteroatoms. The molecule has 4 nitrogen and oxygen atoms in total. The van der Waals surface area contributed by atoms with E-state index < -0.39 is 11.7 Å². The van der Waals surface area contributed by atoms with Gasteiger partial charge in [0.1, 0.15) is 0 Å². The first kappa shape index (κ1) is 13.9. The van der Waals surface area contributed by atoms with Gasteiger partial charge in [-0.25, -0.2) is 4.39 Å². The van der Waals surface area contributed by atoms with Crippen LogP contribution >= 0.6 is 11.6 Å². The molecule has 0 fully saturated rings. The Morgan fingerprint density at radius 2 is 1.88 bits per heavy atom. The summed E-state index contributed by atoms with van der Waals surface area (Å²) in [6.07, 6.45) is 0. The van der Waals surface area contributed by atoms with Gasteiger partial charge < -0.3 is 15.1 Å². The zero-order valence-corrected chi connectivity index (χ0v) is 9.82. The second-order valence-electron chi connectivity index (χ2n) is 3.34. The maximum atomic E-state index is 13.6. The number of aliphatic hydroxyl groups is 2.